The summed E-state index contributed by atoms with van der Waals surface area (Å²) in [4.78, 5) is 6.85. The molecule has 1 saturated heterocycles. The molecule has 1 fully saturated rings. The molecule has 1 aliphatic rings. The van der Waals surface area contributed by atoms with E-state index in [1.165, 1.54) is 11.1 Å². The average Bonchev–Trinajstić information content (AvgIpc) is 2.65. The van der Waals surface area contributed by atoms with E-state index in [9.17, 15) is 5.11 Å². The van der Waals surface area contributed by atoms with Gasteiger partial charge in [-0.05, 0) is 32.3 Å². The molecule has 0 radical (unpaired) electrons. The molecular formula is C21H36N4O2. The smallest absolute Gasteiger partial charge is 0.191 e. The molecule has 3 N–H and O–H groups in total. The number of guanidine groups is 1. The van der Waals surface area contributed by atoms with Gasteiger partial charge < -0.3 is 20.5 Å². The van der Waals surface area contributed by atoms with Crippen LogP contribution in [0.3, 0.4) is 0 Å². The van der Waals surface area contributed by atoms with Gasteiger partial charge in [-0.1, -0.05) is 36.8 Å². The summed E-state index contributed by atoms with van der Waals surface area (Å²) >= 11 is 0. The Hall–Kier alpha value is -1.63. The Bertz CT molecular complexity index is 580. The van der Waals surface area contributed by atoms with Gasteiger partial charge in [-0.25, -0.2) is 0 Å². The van der Waals surface area contributed by atoms with E-state index < -0.39 is 5.60 Å². The van der Waals surface area contributed by atoms with E-state index >= 15 is 0 Å². The largest absolute Gasteiger partial charge is 0.387 e. The summed E-state index contributed by atoms with van der Waals surface area (Å²) in [6.07, 6.45) is 0. The highest BCUT2D eigenvalue weighted by atomic mass is 16.5. The molecule has 6 heteroatoms. The number of aliphatic imine (C=N–C) groups is 1. The monoisotopic (exact) mass is 376 g/mol. The maximum absolute atomic E-state index is 10.7. The molecule has 1 aromatic rings. The van der Waals surface area contributed by atoms with Crippen molar-refractivity contribution in [2.45, 2.75) is 39.2 Å². The topological polar surface area (TPSA) is 69.1 Å². The third-order valence-corrected chi connectivity index (χ3v) is 4.81. The molecule has 0 aromatic heterocycles. The normalized spacial score (nSPS) is 19.4. The molecule has 0 aliphatic carbocycles. The predicted octanol–water partition coefficient (Wildman–Crippen LogP) is 1.74. The summed E-state index contributed by atoms with van der Waals surface area (Å²) in [5.74, 6) is 1.13. The van der Waals surface area contributed by atoms with Gasteiger partial charge in [0.25, 0.3) is 0 Å². The van der Waals surface area contributed by atoms with Gasteiger partial charge in [0.15, 0.2) is 5.96 Å². The van der Waals surface area contributed by atoms with Crippen LogP contribution in [0.4, 0.5) is 0 Å². The Kier molecular flexibility index (Phi) is 8.54. The van der Waals surface area contributed by atoms with Gasteiger partial charge in [0.2, 0.25) is 0 Å². The molecule has 0 amide bonds. The van der Waals surface area contributed by atoms with Gasteiger partial charge in [-0.3, -0.25) is 9.89 Å². The number of rotatable bonds is 8. The first-order chi connectivity index (χ1) is 12.9. The first kappa shape index (κ1) is 21.7. The van der Waals surface area contributed by atoms with Crippen molar-refractivity contribution in [2.24, 2.45) is 4.99 Å². The Morgan fingerprint density at radius 3 is 2.56 bits per heavy atom. The first-order valence-electron chi connectivity index (χ1n) is 10.0. The first-order valence-corrected chi connectivity index (χ1v) is 10.0. The van der Waals surface area contributed by atoms with Crippen LogP contribution in [0.2, 0.25) is 0 Å². The summed E-state index contributed by atoms with van der Waals surface area (Å²) in [6.45, 7) is 14.0. The standard InChI is InChI=1S/C21H36N4O2/c1-5-22-20(23-14-18(3)19-8-6-17(2)7-9-19)24-15-21(4,26)16-25-10-12-27-13-11-25/h6-9,18,26H,5,10-16H2,1-4H3,(H2,22,23,24). The maximum atomic E-state index is 10.7. The average molecular weight is 377 g/mol. The van der Waals surface area contributed by atoms with Gasteiger partial charge in [0, 0.05) is 32.7 Å². The lowest BCUT2D eigenvalue weighted by Gasteiger charge is -2.33. The van der Waals surface area contributed by atoms with E-state index in [-0.39, 0.29) is 0 Å². The van der Waals surface area contributed by atoms with Crippen LogP contribution in [0.1, 0.15) is 37.8 Å². The second kappa shape index (κ2) is 10.6. The molecule has 1 aromatic carbocycles. The van der Waals surface area contributed by atoms with E-state index in [1.807, 2.05) is 13.8 Å². The Labute approximate surface area is 164 Å². The second-order valence-electron chi connectivity index (χ2n) is 7.77. The van der Waals surface area contributed by atoms with Gasteiger partial charge in [0.05, 0.1) is 25.4 Å². The van der Waals surface area contributed by atoms with E-state index in [0.29, 0.717) is 19.0 Å². The Balaban J connectivity index is 1.87. The minimum atomic E-state index is -0.859. The molecule has 6 nitrogen and oxygen atoms in total. The van der Waals surface area contributed by atoms with Crippen LogP contribution in [0, 0.1) is 6.92 Å². The van der Waals surface area contributed by atoms with Crippen LogP contribution in [0.25, 0.3) is 0 Å². The summed E-state index contributed by atoms with van der Waals surface area (Å²) in [5, 5.41) is 17.4. The predicted molar refractivity (Wildman–Crippen MR) is 111 cm³/mol. The zero-order valence-electron chi connectivity index (χ0n) is 17.3. The number of hydrogen-bond donors (Lipinski definition) is 3. The van der Waals surface area contributed by atoms with Gasteiger partial charge in [-0.15, -0.1) is 0 Å². The van der Waals surface area contributed by atoms with Gasteiger partial charge in [-0.2, -0.15) is 0 Å². The molecule has 27 heavy (non-hydrogen) atoms. The van der Waals surface area contributed by atoms with Crippen molar-refractivity contribution in [3.8, 4) is 0 Å². The van der Waals surface area contributed by atoms with Crippen LogP contribution in [-0.2, 0) is 4.74 Å². The quantitative estimate of drug-likeness (QED) is 0.476. The van der Waals surface area contributed by atoms with Crippen LogP contribution in [0.15, 0.2) is 29.3 Å². The highest BCUT2D eigenvalue weighted by molar-refractivity contribution is 5.79. The lowest BCUT2D eigenvalue weighted by Crippen LogP contribution is -2.48. The number of hydrogen-bond acceptors (Lipinski definition) is 4. The van der Waals surface area contributed by atoms with Crippen molar-refractivity contribution in [3.63, 3.8) is 0 Å². The van der Waals surface area contributed by atoms with Crippen LogP contribution >= 0.6 is 0 Å². The Morgan fingerprint density at radius 1 is 1.26 bits per heavy atom. The number of aryl methyl sites for hydroxylation is 1. The fraction of sp³-hybridized carbons (Fsp3) is 0.667. The number of benzene rings is 1. The van der Waals surface area contributed by atoms with E-state index in [2.05, 4.69) is 58.6 Å². The third kappa shape index (κ3) is 7.87. The number of ether oxygens (including phenoxy) is 1. The number of aliphatic hydroxyl groups is 1. The number of morpholine rings is 1. The third-order valence-electron chi connectivity index (χ3n) is 4.81. The minimum absolute atomic E-state index is 0.360. The zero-order valence-corrected chi connectivity index (χ0v) is 17.3. The molecule has 1 heterocycles. The van der Waals surface area contributed by atoms with Crippen molar-refractivity contribution in [1.82, 2.24) is 15.5 Å². The van der Waals surface area contributed by atoms with E-state index in [0.717, 1.165) is 45.4 Å². The summed E-state index contributed by atoms with van der Waals surface area (Å²) in [6, 6.07) is 8.65. The summed E-state index contributed by atoms with van der Waals surface area (Å²) < 4.78 is 5.37. The molecule has 2 atom stereocenters. The SMILES string of the molecule is CCNC(=NCC(C)(O)CN1CCOCC1)NCC(C)c1ccc(C)cc1. The minimum Gasteiger partial charge on any atom is -0.387 e. The lowest BCUT2D eigenvalue weighted by atomic mass is 10.0. The van der Waals surface area contributed by atoms with Crippen LogP contribution in [-0.4, -0.2) is 74.0 Å². The molecule has 0 bridgehead atoms. The zero-order chi connectivity index (χ0) is 19.7. The van der Waals surface area contributed by atoms with Gasteiger partial charge in [0.1, 0.15) is 0 Å². The number of nitrogens with one attached hydrogen (secondary N) is 2. The molecule has 0 saturated carbocycles. The van der Waals surface area contributed by atoms with Gasteiger partial charge >= 0.3 is 0 Å². The molecule has 0 spiro atoms. The van der Waals surface area contributed by atoms with Crippen LogP contribution in [0.5, 0.6) is 0 Å². The highest BCUT2D eigenvalue weighted by Crippen LogP contribution is 2.15. The molecule has 1 aliphatic heterocycles. The molecule has 2 rings (SSSR count). The molecular weight excluding hydrogens is 340 g/mol. The van der Waals surface area contributed by atoms with Crippen molar-refractivity contribution in [2.75, 3.05) is 52.5 Å². The van der Waals surface area contributed by atoms with Crippen molar-refractivity contribution in [1.29, 1.82) is 0 Å². The van der Waals surface area contributed by atoms with E-state index in [1.54, 1.807) is 0 Å². The maximum Gasteiger partial charge on any atom is 0.191 e. The fourth-order valence-corrected chi connectivity index (χ4v) is 3.14. The van der Waals surface area contributed by atoms with E-state index in [4.69, 9.17) is 4.74 Å². The lowest BCUT2D eigenvalue weighted by molar-refractivity contribution is -0.0179. The summed E-state index contributed by atoms with van der Waals surface area (Å²) in [5.41, 5.74) is 1.72. The second-order valence-corrected chi connectivity index (χ2v) is 7.77. The summed E-state index contributed by atoms with van der Waals surface area (Å²) in [7, 11) is 0. The van der Waals surface area contributed by atoms with Crippen molar-refractivity contribution < 1.29 is 9.84 Å². The number of β-amino-alcohol motifs (C(OH)–C–C–N with tert-alkyl or cyclic N) is 1. The Morgan fingerprint density at radius 2 is 1.93 bits per heavy atom. The van der Waals surface area contributed by atoms with Crippen molar-refractivity contribution >= 4 is 5.96 Å². The molecule has 2 unspecified atom stereocenters. The molecule has 152 valence electrons. The fourth-order valence-electron chi connectivity index (χ4n) is 3.14. The highest BCUT2D eigenvalue weighted by Gasteiger charge is 2.25. The van der Waals surface area contributed by atoms with Crippen LogP contribution < -0.4 is 10.6 Å². The van der Waals surface area contributed by atoms with Crippen molar-refractivity contribution in [3.05, 3.63) is 35.4 Å². The number of nitrogens with zero attached hydrogens (tertiary/aromatic N) is 2.